The zero-order valence-corrected chi connectivity index (χ0v) is 18.5. The normalized spacial score (nSPS) is 14.8. The van der Waals surface area contributed by atoms with Crippen LogP contribution >= 0.6 is 23.4 Å². The van der Waals surface area contributed by atoms with Crippen LogP contribution in [0.15, 0.2) is 71.6 Å². The first-order chi connectivity index (χ1) is 15.4. The molecule has 3 aromatic carbocycles. The Morgan fingerprint density at radius 1 is 1.03 bits per heavy atom. The zero-order chi connectivity index (χ0) is 22.7. The molecular weight excluding hydrogens is 453 g/mol. The van der Waals surface area contributed by atoms with Gasteiger partial charge in [-0.15, -0.1) is 0 Å². The van der Waals surface area contributed by atoms with Crippen LogP contribution in [0, 0.1) is 5.82 Å². The number of hydrogen-bond donors (Lipinski definition) is 0. The molecule has 0 saturated carbocycles. The number of thioether (sulfide) groups is 1. The predicted molar refractivity (Wildman–Crippen MR) is 124 cm³/mol. The van der Waals surface area contributed by atoms with Crippen LogP contribution in [0.3, 0.4) is 0 Å². The average Bonchev–Trinajstić information content (AvgIpc) is 3.06. The van der Waals surface area contributed by atoms with E-state index >= 15 is 0 Å². The van der Waals surface area contributed by atoms with Crippen molar-refractivity contribution in [3.05, 3.63) is 93.6 Å². The number of hydrogen-bond acceptors (Lipinski definition) is 5. The van der Waals surface area contributed by atoms with Gasteiger partial charge in [0.2, 0.25) is 0 Å². The number of carbonyl (C=O) groups excluding carboxylic acids is 2. The predicted octanol–water partition coefficient (Wildman–Crippen LogP) is 6.31. The minimum atomic E-state index is -0.419. The maximum atomic E-state index is 13.0. The van der Waals surface area contributed by atoms with Gasteiger partial charge < -0.3 is 9.47 Å². The summed E-state index contributed by atoms with van der Waals surface area (Å²) in [6.07, 6.45) is 1.63. The van der Waals surface area contributed by atoms with Gasteiger partial charge in [-0.25, -0.2) is 9.29 Å². The van der Waals surface area contributed by atoms with E-state index in [1.807, 2.05) is 0 Å². The molecule has 0 atom stereocenters. The van der Waals surface area contributed by atoms with Crippen molar-refractivity contribution in [1.82, 2.24) is 0 Å². The molecule has 0 aromatic heterocycles. The van der Waals surface area contributed by atoms with E-state index in [9.17, 15) is 14.0 Å². The Kier molecular flexibility index (Phi) is 6.48. The van der Waals surface area contributed by atoms with E-state index in [0.29, 0.717) is 27.8 Å². The summed E-state index contributed by atoms with van der Waals surface area (Å²) in [5.41, 5.74) is 1.91. The Bertz CT molecular complexity index is 1210. The molecule has 1 fully saturated rings. The third-order valence-electron chi connectivity index (χ3n) is 4.65. The SMILES string of the molecule is COc1cc(/C=C2/SC(=O)N(c3cccc(Cl)c3)C2=O)ccc1OCc1ccc(F)cc1. The summed E-state index contributed by atoms with van der Waals surface area (Å²) in [5.74, 6) is 0.240. The van der Waals surface area contributed by atoms with Crippen molar-refractivity contribution in [2.75, 3.05) is 12.0 Å². The molecule has 1 saturated heterocycles. The molecule has 32 heavy (non-hydrogen) atoms. The van der Waals surface area contributed by atoms with Gasteiger partial charge in [0.05, 0.1) is 17.7 Å². The lowest BCUT2D eigenvalue weighted by atomic mass is 10.1. The second kappa shape index (κ2) is 9.46. The number of ether oxygens (including phenoxy) is 2. The highest BCUT2D eigenvalue weighted by Gasteiger charge is 2.36. The highest BCUT2D eigenvalue weighted by molar-refractivity contribution is 8.19. The minimum Gasteiger partial charge on any atom is -0.493 e. The Hall–Kier alpha value is -3.29. The standard InChI is InChI=1S/C24H17ClFNO4S/c1-30-21-11-16(7-10-20(21)31-14-15-5-8-18(26)9-6-15)12-22-23(28)27(24(29)32-22)19-4-2-3-17(25)13-19/h2-13H,14H2,1H3/b22-12+. The summed E-state index contributed by atoms with van der Waals surface area (Å²) < 4.78 is 24.2. The van der Waals surface area contributed by atoms with E-state index in [4.69, 9.17) is 21.1 Å². The van der Waals surface area contributed by atoms with E-state index in [1.165, 1.54) is 19.2 Å². The second-order valence-electron chi connectivity index (χ2n) is 6.82. The first-order valence-corrected chi connectivity index (χ1v) is 10.7. The van der Waals surface area contributed by atoms with Gasteiger partial charge >= 0.3 is 0 Å². The van der Waals surface area contributed by atoms with E-state index in [2.05, 4.69) is 0 Å². The topological polar surface area (TPSA) is 55.8 Å². The third kappa shape index (κ3) is 4.79. The molecular formula is C24H17ClFNO4S. The van der Waals surface area contributed by atoms with Crippen LogP contribution in [-0.2, 0) is 11.4 Å². The van der Waals surface area contributed by atoms with Crippen molar-refractivity contribution in [3.8, 4) is 11.5 Å². The van der Waals surface area contributed by atoms with Crippen LogP contribution in [0.2, 0.25) is 5.02 Å². The Labute approximate surface area is 193 Å². The Morgan fingerprint density at radius 2 is 1.81 bits per heavy atom. The van der Waals surface area contributed by atoms with Crippen molar-refractivity contribution in [2.24, 2.45) is 0 Å². The first kappa shape index (κ1) is 21.9. The lowest BCUT2D eigenvalue weighted by molar-refractivity contribution is -0.113. The molecule has 162 valence electrons. The number of methoxy groups -OCH3 is 1. The highest BCUT2D eigenvalue weighted by Crippen LogP contribution is 2.37. The molecule has 2 amide bonds. The van der Waals surface area contributed by atoms with Gasteiger partial charge in [-0.05, 0) is 71.4 Å². The van der Waals surface area contributed by atoms with Crippen molar-refractivity contribution in [3.63, 3.8) is 0 Å². The number of amides is 2. The van der Waals surface area contributed by atoms with Gasteiger partial charge in [0.1, 0.15) is 12.4 Å². The van der Waals surface area contributed by atoms with Crippen molar-refractivity contribution in [1.29, 1.82) is 0 Å². The summed E-state index contributed by atoms with van der Waals surface area (Å²) in [4.78, 5) is 26.6. The molecule has 1 aliphatic rings. The van der Waals surface area contributed by atoms with Crippen LogP contribution in [-0.4, -0.2) is 18.3 Å². The molecule has 0 spiro atoms. The van der Waals surface area contributed by atoms with E-state index in [1.54, 1.807) is 60.7 Å². The summed E-state index contributed by atoms with van der Waals surface area (Å²) in [6.45, 7) is 0.245. The molecule has 4 rings (SSSR count). The van der Waals surface area contributed by atoms with Gasteiger partial charge in [0, 0.05) is 5.02 Å². The van der Waals surface area contributed by atoms with Gasteiger partial charge in [-0.1, -0.05) is 35.9 Å². The molecule has 1 aliphatic heterocycles. The van der Waals surface area contributed by atoms with Crippen LogP contribution in [0.5, 0.6) is 11.5 Å². The summed E-state index contributed by atoms with van der Waals surface area (Å²) in [5, 5.41) is 0.0428. The molecule has 0 aliphatic carbocycles. The summed E-state index contributed by atoms with van der Waals surface area (Å²) in [7, 11) is 1.51. The largest absolute Gasteiger partial charge is 0.493 e. The molecule has 8 heteroatoms. The number of nitrogens with zero attached hydrogens (tertiary/aromatic N) is 1. The number of imide groups is 1. The number of rotatable bonds is 6. The number of halogens is 2. The fourth-order valence-electron chi connectivity index (χ4n) is 3.09. The van der Waals surface area contributed by atoms with E-state index in [-0.39, 0.29) is 17.3 Å². The molecule has 0 radical (unpaired) electrons. The Morgan fingerprint density at radius 3 is 2.53 bits per heavy atom. The van der Waals surface area contributed by atoms with Gasteiger partial charge in [0.15, 0.2) is 11.5 Å². The minimum absolute atomic E-state index is 0.245. The third-order valence-corrected chi connectivity index (χ3v) is 5.76. The molecule has 1 heterocycles. The number of benzene rings is 3. The lowest BCUT2D eigenvalue weighted by Gasteiger charge is -2.12. The highest BCUT2D eigenvalue weighted by atomic mass is 35.5. The number of anilines is 1. The van der Waals surface area contributed by atoms with Gasteiger partial charge in [0.25, 0.3) is 11.1 Å². The van der Waals surface area contributed by atoms with Crippen molar-refractivity contribution < 1.29 is 23.5 Å². The summed E-state index contributed by atoms with van der Waals surface area (Å²) in [6, 6.07) is 17.8. The molecule has 5 nitrogen and oxygen atoms in total. The lowest BCUT2D eigenvalue weighted by Crippen LogP contribution is -2.27. The zero-order valence-electron chi connectivity index (χ0n) is 16.9. The van der Waals surface area contributed by atoms with E-state index < -0.39 is 11.1 Å². The smallest absolute Gasteiger partial charge is 0.298 e. The Balaban J connectivity index is 1.53. The second-order valence-corrected chi connectivity index (χ2v) is 8.25. The van der Waals surface area contributed by atoms with Gasteiger partial charge in [-0.3, -0.25) is 9.59 Å². The first-order valence-electron chi connectivity index (χ1n) is 9.53. The van der Waals surface area contributed by atoms with Crippen LogP contribution < -0.4 is 14.4 Å². The maximum Gasteiger partial charge on any atom is 0.298 e. The van der Waals surface area contributed by atoms with Crippen LogP contribution in [0.25, 0.3) is 6.08 Å². The number of carbonyl (C=O) groups is 2. The fourth-order valence-corrected chi connectivity index (χ4v) is 4.12. The molecule has 0 unspecified atom stereocenters. The maximum absolute atomic E-state index is 13.0. The average molecular weight is 470 g/mol. The fraction of sp³-hybridized carbons (Fsp3) is 0.0833. The molecule has 3 aromatic rings. The van der Waals surface area contributed by atoms with Gasteiger partial charge in [-0.2, -0.15) is 0 Å². The monoisotopic (exact) mass is 469 g/mol. The van der Waals surface area contributed by atoms with Crippen LogP contribution in [0.4, 0.5) is 14.9 Å². The summed E-state index contributed by atoms with van der Waals surface area (Å²) >= 11 is 6.85. The quantitative estimate of drug-likeness (QED) is 0.396. The van der Waals surface area contributed by atoms with Crippen molar-refractivity contribution in [2.45, 2.75) is 6.61 Å². The van der Waals surface area contributed by atoms with E-state index in [0.717, 1.165) is 22.2 Å². The van der Waals surface area contributed by atoms with Crippen LogP contribution in [0.1, 0.15) is 11.1 Å². The molecule has 0 N–H and O–H groups in total. The van der Waals surface area contributed by atoms with Crippen molar-refractivity contribution >= 4 is 46.3 Å². The molecule has 0 bridgehead atoms.